The SMILES string of the molecule is CCNc1ncc(C(=O)N2CCO[C@@H](CCCc3ccccc3)C2)cn1. The molecular formula is C20H26N4O2. The van der Waals surface area contributed by atoms with E-state index in [2.05, 4.69) is 39.6 Å². The number of carbonyl (C=O) groups is 1. The Balaban J connectivity index is 1.50. The molecule has 1 aromatic carbocycles. The molecule has 6 heteroatoms. The molecule has 0 aliphatic carbocycles. The number of rotatable bonds is 7. The van der Waals surface area contributed by atoms with E-state index in [9.17, 15) is 4.79 Å². The Hall–Kier alpha value is -2.47. The van der Waals surface area contributed by atoms with Crippen molar-refractivity contribution >= 4 is 11.9 Å². The normalized spacial score (nSPS) is 17.1. The van der Waals surface area contributed by atoms with Gasteiger partial charge in [-0.2, -0.15) is 0 Å². The zero-order chi connectivity index (χ0) is 18.2. The molecule has 1 aliphatic rings. The number of carbonyl (C=O) groups excluding carboxylic acids is 1. The van der Waals surface area contributed by atoms with E-state index in [4.69, 9.17) is 4.74 Å². The molecule has 0 radical (unpaired) electrons. The summed E-state index contributed by atoms with van der Waals surface area (Å²) in [6.07, 6.45) is 6.32. The van der Waals surface area contributed by atoms with Crippen LogP contribution < -0.4 is 5.32 Å². The van der Waals surface area contributed by atoms with E-state index in [1.54, 1.807) is 12.4 Å². The molecule has 1 atom stereocenters. The Labute approximate surface area is 154 Å². The van der Waals surface area contributed by atoms with Crippen LogP contribution in [0.25, 0.3) is 0 Å². The van der Waals surface area contributed by atoms with Crippen LogP contribution in [-0.4, -0.2) is 53.1 Å². The van der Waals surface area contributed by atoms with Gasteiger partial charge in [-0.05, 0) is 31.7 Å². The van der Waals surface area contributed by atoms with Crippen LogP contribution in [0, 0.1) is 0 Å². The summed E-state index contributed by atoms with van der Waals surface area (Å²) in [4.78, 5) is 22.9. The lowest BCUT2D eigenvalue weighted by Gasteiger charge is -2.33. The topological polar surface area (TPSA) is 67.4 Å². The van der Waals surface area contributed by atoms with Crippen molar-refractivity contribution < 1.29 is 9.53 Å². The van der Waals surface area contributed by atoms with Crippen LogP contribution in [0.4, 0.5) is 5.95 Å². The lowest BCUT2D eigenvalue weighted by Crippen LogP contribution is -2.45. The first kappa shape index (κ1) is 18.3. The minimum Gasteiger partial charge on any atom is -0.375 e. The Morgan fingerprint density at radius 1 is 1.27 bits per heavy atom. The van der Waals surface area contributed by atoms with Gasteiger partial charge in [0.2, 0.25) is 5.95 Å². The minimum absolute atomic E-state index is 0.0237. The van der Waals surface area contributed by atoms with Crippen LogP contribution in [-0.2, 0) is 11.2 Å². The summed E-state index contributed by atoms with van der Waals surface area (Å²) in [6.45, 7) is 4.55. The molecule has 0 unspecified atom stereocenters. The molecule has 2 heterocycles. The van der Waals surface area contributed by atoms with Crippen molar-refractivity contribution in [1.29, 1.82) is 0 Å². The maximum absolute atomic E-state index is 12.7. The summed E-state index contributed by atoms with van der Waals surface area (Å²) in [5.74, 6) is 0.522. The van der Waals surface area contributed by atoms with Gasteiger partial charge in [-0.1, -0.05) is 30.3 Å². The third-order valence-corrected chi connectivity index (χ3v) is 4.49. The van der Waals surface area contributed by atoms with Gasteiger partial charge in [0, 0.05) is 32.0 Å². The molecule has 1 saturated heterocycles. The highest BCUT2D eigenvalue weighted by Crippen LogP contribution is 2.15. The summed E-state index contributed by atoms with van der Waals surface area (Å²) >= 11 is 0. The highest BCUT2D eigenvalue weighted by molar-refractivity contribution is 5.93. The number of amides is 1. The smallest absolute Gasteiger partial charge is 0.257 e. The summed E-state index contributed by atoms with van der Waals surface area (Å²) in [7, 11) is 0. The first-order valence-electron chi connectivity index (χ1n) is 9.27. The molecule has 1 fully saturated rings. The molecule has 2 aromatic rings. The lowest BCUT2D eigenvalue weighted by atomic mass is 10.0. The Kier molecular flexibility index (Phi) is 6.55. The highest BCUT2D eigenvalue weighted by atomic mass is 16.5. The molecule has 1 amide bonds. The van der Waals surface area contributed by atoms with E-state index >= 15 is 0 Å². The Morgan fingerprint density at radius 2 is 2.04 bits per heavy atom. The second-order valence-corrected chi connectivity index (χ2v) is 6.45. The van der Waals surface area contributed by atoms with Gasteiger partial charge in [-0.15, -0.1) is 0 Å². The van der Waals surface area contributed by atoms with Gasteiger partial charge >= 0.3 is 0 Å². The molecule has 0 spiro atoms. The molecule has 1 aromatic heterocycles. The van der Waals surface area contributed by atoms with Crippen LogP contribution in [0.3, 0.4) is 0 Å². The van der Waals surface area contributed by atoms with E-state index < -0.39 is 0 Å². The van der Waals surface area contributed by atoms with E-state index in [0.717, 1.165) is 25.8 Å². The average molecular weight is 354 g/mol. The third kappa shape index (κ3) is 5.02. The fraction of sp³-hybridized carbons (Fsp3) is 0.450. The zero-order valence-electron chi connectivity index (χ0n) is 15.2. The quantitative estimate of drug-likeness (QED) is 0.828. The van der Waals surface area contributed by atoms with Crippen LogP contribution in [0.1, 0.15) is 35.7 Å². The number of hydrogen-bond acceptors (Lipinski definition) is 5. The number of anilines is 1. The summed E-state index contributed by atoms with van der Waals surface area (Å²) < 4.78 is 5.85. The molecule has 1 aliphatic heterocycles. The molecule has 1 N–H and O–H groups in total. The van der Waals surface area contributed by atoms with Crippen LogP contribution in [0.15, 0.2) is 42.7 Å². The number of nitrogens with zero attached hydrogens (tertiary/aromatic N) is 3. The number of morpholine rings is 1. The second kappa shape index (κ2) is 9.29. The number of benzene rings is 1. The molecular weight excluding hydrogens is 328 g/mol. The van der Waals surface area contributed by atoms with Gasteiger partial charge in [0.1, 0.15) is 0 Å². The largest absolute Gasteiger partial charge is 0.375 e. The number of nitrogens with one attached hydrogen (secondary N) is 1. The van der Waals surface area contributed by atoms with Crippen molar-refractivity contribution in [3.05, 3.63) is 53.9 Å². The van der Waals surface area contributed by atoms with Crippen LogP contribution >= 0.6 is 0 Å². The Bertz CT molecular complexity index is 691. The van der Waals surface area contributed by atoms with Gasteiger partial charge in [-0.25, -0.2) is 9.97 Å². The van der Waals surface area contributed by atoms with E-state index in [-0.39, 0.29) is 12.0 Å². The van der Waals surface area contributed by atoms with Gasteiger partial charge in [-0.3, -0.25) is 4.79 Å². The average Bonchev–Trinajstić information content (AvgIpc) is 2.69. The number of ether oxygens (including phenoxy) is 1. The summed E-state index contributed by atoms with van der Waals surface area (Å²) in [5, 5.41) is 3.03. The predicted molar refractivity (Wildman–Crippen MR) is 101 cm³/mol. The first-order valence-corrected chi connectivity index (χ1v) is 9.27. The fourth-order valence-electron chi connectivity index (χ4n) is 3.13. The number of aromatic nitrogens is 2. The van der Waals surface area contributed by atoms with Gasteiger partial charge in [0.15, 0.2) is 0 Å². The zero-order valence-corrected chi connectivity index (χ0v) is 15.2. The fourth-order valence-corrected chi connectivity index (χ4v) is 3.13. The molecule has 6 nitrogen and oxygen atoms in total. The predicted octanol–water partition coefficient (Wildman–Crippen LogP) is 2.77. The standard InChI is InChI=1S/C20H26N4O2/c1-2-21-20-22-13-17(14-23-20)19(25)24-11-12-26-18(15-24)10-6-9-16-7-4-3-5-8-16/h3-5,7-8,13-14,18H,2,6,9-12,15H2,1H3,(H,21,22,23)/t18-/m0/s1. The van der Waals surface area contributed by atoms with Crippen molar-refractivity contribution in [3.63, 3.8) is 0 Å². The monoisotopic (exact) mass is 354 g/mol. The van der Waals surface area contributed by atoms with Crippen molar-refractivity contribution in [3.8, 4) is 0 Å². The Morgan fingerprint density at radius 3 is 2.77 bits per heavy atom. The van der Waals surface area contributed by atoms with E-state index in [0.29, 0.717) is 31.2 Å². The molecule has 26 heavy (non-hydrogen) atoms. The summed E-state index contributed by atoms with van der Waals surface area (Å²) in [5.41, 5.74) is 1.87. The van der Waals surface area contributed by atoms with Crippen LogP contribution in [0.5, 0.6) is 0 Å². The number of hydrogen-bond donors (Lipinski definition) is 1. The second-order valence-electron chi connectivity index (χ2n) is 6.45. The minimum atomic E-state index is -0.0237. The van der Waals surface area contributed by atoms with Gasteiger partial charge < -0.3 is 15.0 Å². The highest BCUT2D eigenvalue weighted by Gasteiger charge is 2.25. The maximum Gasteiger partial charge on any atom is 0.257 e. The molecule has 0 bridgehead atoms. The molecule has 0 saturated carbocycles. The van der Waals surface area contributed by atoms with E-state index in [1.807, 2.05) is 17.9 Å². The van der Waals surface area contributed by atoms with Crippen molar-refractivity contribution in [1.82, 2.24) is 14.9 Å². The molecule has 3 rings (SSSR count). The van der Waals surface area contributed by atoms with Crippen molar-refractivity contribution in [2.45, 2.75) is 32.3 Å². The number of aryl methyl sites for hydroxylation is 1. The third-order valence-electron chi connectivity index (χ3n) is 4.49. The summed E-state index contributed by atoms with van der Waals surface area (Å²) in [6, 6.07) is 10.5. The van der Waals surface area contributed by atoms with Crippen molar-refractivity contribution in [2.75, 3.05) is 31.6 Å². The first-order chi connectivity index (χ1) is 12.8. The molecule has 138 valence electrons. The van der Waals surface area contributed by atoms with Gasteiger partial charge in [0.25, 0.3) is 5.91 Å². The van der Waals surface area contributed by atoms with Crippen molar-refractivity contribution in [2.24, 2.45) is 0 Å². The lowest BCUT2D eigenvalue weighted by molar-refractivity contribution is -0.0255. The van der Waals surface area contributed by atoms with E-state index in [1.165, 1.54) is 5.56 Å². The van der Waals surface area contributed by atoms with Crippen LogP contribution in [0.2, 0.25) is 0 Å². The van der Waals surface area contributed by atoms with Gasteiger partial charge in [0.05, 0.1) is 18.3 Å². The maximum atomic E-state index is 12.7.